The Bertz CT molecular complexity index is 327. The molecule has 0 fully saturated rings. The molecule has 0 amide bonds. The predicted molar refractivity (Wildman–Crippen MR) is 56.5 cm³/mol. The Morgan fingerprint density at radius 2 is 2.31 bits per heavy atom. The summed E-state index contributed by atoms with van der Waals surface area (Å²) in [6, 6.07) is 4.68. The zero-order valence-corrected chi connectivity index (χ0v) is 8.46. The fourth-order valence-corrected chi connectivity index (χ4v) is 1.60. The summed E-state index contributed by atoms with van der Waals surface area (Å²) < 4.78 is 12.9. The molecule has 0 atom stereocenters. The van der Waals surface area contributed by atoms with Crippen molar-refractivity contribution in [2.24, 2.45) is 0 Å². The molecule has 0 aromatic heterocycles. The average Bonchev–Trinajstić information content (AvgIpc) is 2.07. The maximum absolute atomic E-state index is 12.9. The Kier molecular flexibility index (Phi) is 3.63. The van der Waals surface area contributed by atoms with E-state index in [4.69, 9.17) is 17.3 Å². The maximum atomic E-state index is 12.9. The molecule has 0 aliphatic carbocycles. The molecule has 0 unspecified atom stereocenters. The van der Waals surface area contributed by atoms with Gasteiger partial charge in [0.2, 0.25) is 0 Å². The van der Waals surface area contributed by atoms with Gasteiger partial charge < -0.3 is 5.73 Å². The van der Waals surface area contributed by atoms with E-state index >= 15 is 0 Å². The summed E-state index contributed by atoms with van der Waals surface area (Å²) >= 11 is 6.99. The van der Waals surface area contributed by atoms with E-state index in [9.17, 15) is 4.39 Å². The summed E-state index contributed by atoms with van der Waals surface area (Å²) in [5.41, 5.74) is 5.48. The van der Waals surface area contributed by atoms with Crippen LogP contribution in [0.2, 0.25) is 0 Å². The van der Waals surface area contributed by atoms with Gasteiger partial charge in [-0.05, 0) is 18.2 Å². The van der Waals surface area contributed by atoms with E-state index in [0.29, 0.717) is 10.8 Å². The minimum atomic E-state index is -0.398. The minimum absolute atomic E-state index is 0.161. The van der Waals surface area contributed by atoms with Gasteiger partial charge in [0.15, 0.2) is 0 Å². The van der Waals surface area contributed by atoms with Crippen LogP contribution in [-0.4, -0.2) is 5.75 Å². The second-order valence-electron chi connectivity index (χ2n) is 2.49. The molecule has 70 valence electrons. The van der Waals surface area contributed by atoms with Crippen molar-refractivity contribution in [2.45, 2.75) is 4.90 Å². The molecule has 2 N–H and O–H groups in total. The number of hydrogen-bond acceptors (Lipinski definition) is 2. The van der Waals surface area contributed by atoms with Gasteiger partial charge in [0.25, 0.3) is 0 Å². The molecule has 0 aliphatic rings. The van der Waals surface area contributed by atoms with E-state index in [0.717, 1.165) is 4.90 Å². The zero-order chi connectivity index (χ0) is 9.84. The van der Waals surface area contributed by atoms with Gasteiger partial charge in [-0.25, -0.2) is 4.39 Å². The van der Waals surface area contributed by atoms with Crippen LogP contribution in [-0.2, 0) is 0 Å². The summed E-state index contributed by atoms with van der Waals surface area (Å²) in [4.78, 5) is 0.800. The highest BCUT2D eigenvalue weighted by Crippen LogP contribution is 2.24. The summed E-state index contributed by atoms with van der Waals surface area (Å²) in [6.45, 7) is 3.54. The lowest BCUT2D eigenvalue weighted by molar-refractivity contribution is 0.629. The first-order valence-electron chi connectivity index (χ1n) is 3.60. The van der Waals surface area contributed by atoms with Crippen molar-refractivity contribution in [1.29, 1.82) is 0 Å². The topological polar surface area (TPSA) is 26.0 Å². The molecule has 1 aromatic carbocycles. The highest BCUT2D eigenvalue weighted by molar-refractivity contribution is 7.99. The average molecular weight is 218 g/mol. The molecular weight excluding hydrogens is 209 g/mol. The first-order chi connectivity index (χ1) is 6.09. The number of hydrogen-bond donors (Lipinski definition) is 1. The molecule has 0 heterocycles. The number of nitrogens with two attached hydrogens (primary N) is 1. The molecular formula is C9H9ClFNS. The van der Waals surface area contributed by atoms with Crippen LogP contribution in [0.3, 0.4) is 0 Å². The van der Waals surface area contributed by atoms with Gasteiger partial charge >= 0.3 is 0 Å². The third-order valence-electron chi connectivity index (χ3n) is 1.37. The number of benzene rings is 1. The lowest BCUT2D eigenvalue weighted by Gasteiger charge is -2.01. The van der Waals surface area contributed by atoms with Crippen molar-refractivity contribution < 1.29 is 4.39 Å². The van der Waals surface area contributed by atoms with Crippen molar-refractivity contribution in [1.82, 2.24) is 0 Å². The van der Waals surface area contributed by atoms with Crippen molar-refractivity contribution in [3.8, 4) is 0 Å². The molecule has 0 bridgehead atoms. The molecule has 1 aromatic rings. The van der Waals surface area contributed by atoms with Gasteiger partial charge in [-0.15, -0.1) is 11.8 Å². The Hall–Kier alpha value is -0.670. The van der Waals surface area contributed by atoms with Gasteiger partial charge in [-0.2, -0.15) is 0 Å². The summed E-state index contributed by atoms with van der Waals surface area (Å²) in [7, 11) is 0. The lowest BCUT2D eigenvalue weighted by Crippen LogP contribution is -1.89. The molecule has 0 aliphatic heterocycles. The molecule has 0 spiro atoms. The molecule has 13 heavy (non-hydrogen) atoms. The van der Waals surface area contributed by atoms with Crippen molar-refractivity contribution >= 4 is 29.1 Å². The highest BCUT2D eigenvalue weighted by atomic mass is 35.5. The smallest absolute Gasteiger partial charge is 0.147 e. The van der Waals surface area contributed by atoms with E-state index in [1.165, 1.54) is 23.9 Å². The quantitative estimate of drug-likeness (QED) is 0.621. The number of rotatable bonds is 3. The van der Waals surface area contributed by atoms with Gasteiger partial charge in [-0.3, -0.25) is 0 Å². The van der Waals surface area contributed by atoms with Crippen LogP contribution in [0.1, 0.15) is 0 Å². The molecule has 0 radical (unpaired) electrons. The van der Waals surface area contributed by atoms with Crippen LogP contribution in [0, 0.1) is 5.82 Å². The molecule has 1 nitrogen and oxygen atoms in total. The second kappa shape index (κ2) is 4.53. The van der Waals surface area contributed by atoms with Gasteiger partial charge in [0.05, 0.1) is 5.69 Å². The third-order valence-corrected chi connectivity index (χ3v) is 2.74. The largest absolute Gasteiger partial charge is 0.396 e. The normalized spacial score (nSPS) is 10.0. The van der Waals surface area contributed by atoms with E-state index in [1.807, 2.05) is 0 Å². The lowest BCUT2D eigenvalue weighted by atomic mass is 10.3. The molecule has 0 saturated carbocycles. The van der Waals surface area contributed by atoms with Crippen LogP contribution >= 0.6 is 23.4 Å². The Labute approximate surface area is 85.8 Å². The van der Waals surface area contributed by atoms with E-state index < -0.39 is 5.82 Å². The van der Waals surface area contributed by atoms with E-state index in [2.05, 4.69) is 6.58 Å². The van der Waals surface area contributed by atoms with Crippen LogP contribution in [0.5, 0.6) is 0 Å². The van der Waals surface area contributed by atoms with E-state index in [-0.39, 0.29) is 5.69 Å². The van der Waals surface area contributed by atoms with Gasteiger partial charge in [-0.1, -0.05) is 18.2 Å². The van der Waals surface area contributed by atoms with Crippen LogP contribution in [0.4, 0.5) is 10.1 Å². The van der Waals surface area contributed by atoms with Crippen molar-refractivity contribution in [2.75, 3.05) is 11.5 Å². The standard InChI is InChI=1S/C9H9ClFNS/c1-6(10)5-13-7-2-3-9(12)8(11)4-7/h2-4H,1,5,12H2. The summed E-state index contributed by atoms with van der Waals surface area (Å²) in [5.74, 6) is 0.176. The van der Waals surface area contributed by atoms with Crippen molar-refractivity contribution in [3.05, 3.63) is 35.6 Å². The predicted octanol–water partition coefficient (Wildman–Crippen LogP) is 3.25. The number of anilines is 1. The first-order valence-corrected chi connectivity index (χ1v) is 4.97. The zero-order valence-electron chi connectivity index (χ0n) is 6.89. The monoisotopic (exact) mass is 217 g/mol. The molecule has 4 heteroatoms. The summed E-state index contributed by atoms with van der Waals surface area (Å²) in [6.07, 6.45) is 0. The third kappa shape index (κ3) is 3.28. The van der Waals surface area contributed by atoms with Crippen LogP contribution in [0.25, 0.3) is 0 Å². The molecule has 1 rings (SSSR count). The Balaban J connectivity index is 2.68. The SMILES string of the molecule is C=C(Cl)CSc1ccc(N)c(F)c1. The highest BCUT2D eigenvalue weighted by Gasteiger charge is 2.00. The second-order valence-corrected chi connectivity index (χ2v) is 4.07. The fourth-order valence-electron chi connectivity index (χ4n) is 0.759. The Morgan fingerprint density at radius 1 is 1.62 bits per heavy atom. The first kappa shape index (κ1) is 10.4. The Morgan fingerprint density at radius 3 is 2.85 bits per heavy atom. The van der Waals surface area contributed by atoms with Crippen LogP contribution < -0.4 is 5.73 Å². The van der Waals surface area contributed by atoms with Crippen molar-refractivity contribution in [3.63, 3.8) is 0 Å². The maximum Gasteiger partial charge on any atom is 0.147 e. The molecule has 0 saturated heterocycles. The number of halogens is 2. The summed E-state index contributed by atoms with van der Waals surface area (Å²) in [5, 5.41) is 0.544. The minimum Gasteiger partial charge on any atom is -0.396 e. The fraction of sp³-hybridized carbons (Fsp3) is 0.111. The van der Waals surface area contributed by atoms with Gasteiger partial charge in [0, 0.05) is 15.7 Å². The number of nitrogen functional groups attached to an aromatic ring is 1. The number of thioether (sulfide) groups is 1. The van der Waals surface area contributed by atoms with Crippen LogP contribution in [0.15, 0.2) is 34.7 Å². The van der Waals surface area contributed by atoms with Gasteiger partial charge in [0.1, 0.15) is 5.82 Å². The van der Waals surface area contributed by atoms with E-state index in [1.54, 1.807) is 6.07 Å².